The molecule has 3 aliphatic heterocycles. The molecule has 2 fully saturated rings. The molecule has 0 aliphatic carbocycles. The molecule has 0 spiro atoms. The second kappa shape index (κ2) is 7.86. The molecule has 10 nitrogen and oxygen atoms in total. The predicted octanol–water partition coefficient (Wildman–Crippen LogP) is -0.584. The zero-order valence-electron chi connectivity index (χ0n) is 16.3. The number of nitrogens with one attached hydrogen (secondary N) is 1. The van der Waals surface area contributed by atoms with E-state index in [0.717, 1.165) is 17.7 Å². The number of hydrogen-bond donors (Lipinski definition) is 2. The fourth-order valence-corrected chi connectivity index (χ4v) is 4.07. The van der Waals surface area contributed by atoms with Crippen LogP contribution in [0.1, 0.15) is 46.4 Å². The number of benzene rings is 1. The third-order valence-corrected chi connectivity index (χ3v) is 5.59. The Morgan fingerprint density at radius 2 is 1.97 bits per heavy atom. The van der Waals surface area contributed by atoms with Gasteiger partial charge in [0.25, 0.3) is 17.7 Å². The van der Waals surface area contributed by atoms with E-state index in [2.05, 4.69) is 5.32 Å². The van der Waals surface area contributed by atoms with Gasteiger partial charge in [0.1, 0.15) is 11.8 Å². The maximum atomic E-state index is 13.0. The molecule has 1 unspecified atom stereocenters. The molecule has 30 heavy (non-hydrogen) atoms. The van der Waals surface area contributed by atoms with E-state index in [1.807, 2.05) is 0 Å². The quantitative estimate of drug-likeness (QED) is 0.628. The summed E-state index contributed by atoms with van der Waals surface area (Å²) in [7, 11) is 0. The monoisotopic (exact) mass is 414 g/mol. The summed E-state index contributed by atoms with van der Waals surface area (Å²) in [6, 6.07) is 3.41. The summed E-state index contributed by atoms with van der Waals surface area (Å²) >= 11 is 0. The third kappa shape index (κ3) is 3.54. The first-order chi connectivity index (χ1) is 14.4. The number of carbonyl (C=O) groups is 5. The SMILES string of the molecule is N[C@H]1CCCN(C(=O)COc2cccc3c2C(=O)N(C2CCC(=O)NC2=O)C3=O)C1. The molecule has 0 aromatic heterocycles. The Kier molecular flexibility index (Phi) is 5.25. The number of rotatable bonds is 4. The van der Waals surface area contributed by atoms with Crippen LogP contribution in [0.4, 0.5) is 0 Å². The van der Waals surface area contributed by atoms with Crippen LogP contribution < -0.4 is 15.8 Å². The van der Waals surface area contributed by atoms with E-state index in [9.17, 15) is 24.0 Å². The normalized spacial score (nSPS) is 24.0. The van der Waals surface area contributed by atoms with Gasteiger partial charge in [-0.3, -0.25) is 34.2 Å². The van der Waals surface area contributed by atoms with Gasteiger partial charge in [0.15, 0.2) is 6.61 Å². The van der Waals surface area contributed by atoms with E-state index in [4.69, 9.17) is 10.5 Å². The molecule has 158 valence electrons. The fraction of sp³-hybridized carbons (Fsp3) is 0.450. The van der Waals surface area contributed by atoms with Crippen molar-refractivity contribution in [2.45, 2.75) is 37.8 Å². The van der Waals surface area contributed by atoms with Crippen molar-refractivity contribution in [3.8, 4) is 5.75 Å². The summed E-state index contributed by atoms with van der Waals surface area (Å²) in [5, 5.41) is 2.15. The fourth-order valence-electron chi connectivity index (χ4n) is 4.07. The van der Waals surface area contributed by atoms with Gasteiger partial charge in [-0.2, -0.15) is 0 Å². The van der Waals surface area contributed by atoms with Crippen LogP contribution in [0.25, 0.3) is 0 Å². The second-order valence-corrected chi connectivity index (χ2v) is 7.66. The van der Waals surface area contributed by atoms with Crippen molar-refractivity contribution in [2.24, 2.45) is 5.73 Å². The van der Waals surface area contributed by atoms with E-state index in [-0.39, 0.29) is 48.3 Å². The Morgan fingerprint density at radius 1 is 1.17 bits per heavy atom. The summed E-state index contributed by atoms with van der Waals surface area (Å²) in [5.41, 5.74) is 6.04. The summed E-state index contributed by atoms with van der Waals surface area (Å²) in [6.45, 7) is 0.766. The van der Waals surface area contributed by atoms with Gasteiger partial charge < -0.3 is 15.4 Å². The second-order valence-electron chi connectivity index (χ2n) is 7.66. The number of imide groups is 2. The number of piperidine rings is 2. The number of carbonyl (C=O) groups excluding carboxylic acids is 5. The highest BCUT2D eigenvalue weighted by atomic mass is 16.5. The van der Waals surface area contributed by atoms with Crippen LogP contribution in [0.5, 0.6) is 5.75 Å². The number of amides is 5. The summed E-state index contributed by atoms with van der Waals surface area (Å²) < 4.78 is 5.61. The van der Waals surface area contributed by atoms with Crippen molar-refractivity contribution in [3.05, 3.63) is 29.3 Å². The summed E-state index contributed by atoms with van der Waals surface area (Å²) in [5.74, 6) is -2.56. The maximum absolute atomic E-state index is 13.0. The van der Waals surface area contributed by atoms with Crippen LogP contribution in [0.15, 0.2) is 18.2 Å². The molecular weight excluding hydrogens is 392 g/mol. The molecule has 10 heteroatoms. The number of nitrogens with two attached hydrogens (primary N) is 1. The van der Waals surface area contributed by atoms with Gasteiger partial charge in [-0.25, -0.2) is 0 Å². The van der Waals surface area contributed by atoms with E-state index < -0.39 is 29.7 Å². The Morgan fingerprint density at radius 3 is 2.70 bits per heavy atom. The Labute approximate surface area is 172 Å². The minimum absolute atomic E-state index is 0.0235. The molecule has 4 rings (SSSR count). The highest BCUT2D eigenvalue weighted by Crippen LogP contribution is 2.33. The van der Waals surface area contributed by atoms with Crippen LogP contribution in [-0.4, -0.2) is 71.1 Å². The number of fused-ring (bicyclic) bond motifs is 1. The summed E-state index contributed by atoms with van der Waals surface area (Å²) in [6.07, 6.45) is 1.80. The lowest BCUT2D eigenvalue weighted by atomic mass is 10.0. The maximum Gasteiger partial charge on any atom is 0.266 e. The largest absolute Gasteiger partial charge is 0.483 e. The first kappa shape index (κ1) is 20.0. The lowest BCUT2D eigenvalue weighted by Crippen LogP contribution is -2.54. The molecule has 3 N–H and O–H groups in total. The van der Waals surface area contributed by atoms with Gasteiger partial charge in [0.2, 0.25) is 11.8 Å². The van der Waals surface area contributed by atoms with E-state index in [0.29, 0.717) is 13.1 Å². The molecule has 1 aromatic rings. The first-order valence-corrected chi connectivity index (χ1v) is 9.87. The van der Waals surface area contributed by atoms with E-state index >= 15 is 0 Å². The predicted molar refractivity (Wildman–Crippen MR) is 102 cm³/mol. The van der Waals surface area contributed by atoms with Gasteiger partial charge >= 0.3 is 0 Å². The van der Waals surface area contributed by atoms with Crippen molar-refractivity contribution in [2.75, 3.05) is 19.7 Å². The van der Waals surface area contributed by atoms with Crippen LogP contribution in [0.2, 0.25) is 0 Å². The van der Waals surface area contributed by atoms with Crippen molar-refractivity contribution in [1.82, 2.24) is 15.1 Å². The van der Waals surface area contributed by atoms with E-state index in [1.54, 1.807) is 11.0 Å². The highest BCUT2D eigenvalue weighted by Gasteiger charge is 2.46. The molecule has 2 atom stereocenters. The third-order valence-electron chi connectivity index (χ3n) is 5.59. The number of hydrogen-bond acceptors (Lipinski definition) is 7. The van der Waals surface area contributed by atoms with Gasteiger partial charge in [-0.1, -0.05) is 6.07 Å². The zero-order chi connectivity index (χ0) is 21.4. The van der Waals surface area contributed by atoms with Crippen molar-refractivity contribution in [1.29, 1.82) is 0 Å². The first-order valence-electron chi connectivity index (χ1n) is 9.87. The van der Waals surface area contributed by atoms with Gasteiger partial charge in [-0.15, -0.1) is 0 Å². The van der Waals surface area contributed by atoms with Crippen LogP contribution in [0, 0.1) is 0 Å². The molecule has 2 saturated heterocycles. The van der Waals surface area contributed by atoms with Crippen molar-refractivity contribution in [3.63, 3.8) is 0 Å². The van der Waals surface area contributed by atoms with Crippen molar-refractivity contribution < 1.29 is 28.7 Å². The average Bonchev–Trinajstić information content (AvgIpc) is 2.97. The molecular formula is C20H22N4O6. The molecule has 0 radical (unpaired) electrons. The molecule has 0 saturated carbocycles. The Balaban J connectivity index is 1.51. The Hall–Kier alpha value is -3.27. The van der Waals surface area contributed by atoms with Gasteiger partial charge in [0.05, 0.1) is 11.1 Å². The molecule has 3 aliphatic rings. The topological polar surface area (TPSA) is 139 Å². The lowest BCUT2D eigenvalue weighted by molar-refractivity contribution is -0.136. The van der Waals surface area contributed by atoms with Crippen LogP contribution in [0.3, 0.4) is 0 Å². The molecule has 5 amide bonds. The van der Waals surface area contributed by atoms with E-state index in [1.165, 1.54) is 12.1 Å². The smallest absolute Gasteiger partial charge is 0.266 e. The number of likely N-dealkylation sites (tertiary alicyclic amines) is 1. The Bertz CT molecular complexity index is 945. The van der Waals surface area contributed by atoms with Crippen LogP contribution in [-0.2, 0) is 14.4 Å². The molecule has 3 heterocycles. The van der Waals surface area contributed by atoms with Gasteiger partial charge in [-0.05, 0) is 31.4 Å². The minimum atomic E-state index is -1.06. The highest BCUT2D eigenvalue weighted by molar-refractivity contribution is 6.24. The molecule has 1 aromatic carbocycles. The molecule has 0 bridgehead atoms. The standard InChI is InChI=1S/C20H22N4O6/c21-11-3-2-8-23(9-11)16(26)10-30-14-5-1-4-12-17(14)20(29)24(19(12)28)13-6-7-15(25)22-18(13)27/h1,4-5,11,13H,2-3,6-10,21H2,(H,22,25,27)/t11-,13?/m0/s1. The van der Waals surface area contributed by atoms with Crippen LogP contribution >= 0.6 is 0 Å². The van der Waals surface area contributed by atoms with Gasteiger partial charge in [0, 0.05) is 25.6 Å². The number of nitrogens with zero attached hydrogens (tertiary/aromatic N) is 2. The summed E-state index contributed by atoms with van der Waals surface area (Å²) in [4.78, 5) is 64.3. The zero-order valence-corrected chi connectivity index (χ0v) is 16.3. The minimum Gasteiger partial charge on any atom is -0.483 e. The lowest BCUT2D eigenvalue weighted by Gasteiger charge is -2.30. The number of ether oxygens (including phenoxy) is 1. The average molecular weight is 414 g/mol. The van der Waals surface area contributed by atoms with Crippen molar-refractivity contribution >= 4 is 29.5 Å².